The Morgan fingerprint density at radius 3 is 2.38 bits per heavy atom. The number of halogens is 1. The first-order valence-electron chi connectivity index (χ1n) is 7.21. The van der Waals surface area contributed by atoms with Gasteiger partial charge in [0, 0.05) is 44.9 Å². The molecule has 2 saturated heterocycles. The Bertz CT molecular complexity index is 554. The van der Waals surface area contributed by atoms with Crippen LogP contribution in [0.2, 0.25) is 0 Å². The molecule has 1 aromatic carbocycles. The van der Waals surface area contributed by atoms with Gasteiger partial charge in [-0.3, -0.25) is 14.9 Å². The molecule has 0 spiro atoms. The number of carbonyl (C=O) groups excluding carboxylic acids is 2. The lowest BCUT2D eigenvalue weighted by Crippen LogP contribution is -2.43. The molecule has 2 N–H and O–H groups in total. The summed E-state index contributed by atoms with van der Waals surface area (Å²) in [6, 6.07) is 5.05. The van der Waals surface area contributed by atoms with Gasteiger partial charge >= 0.3 is 0 Å². The van der Waals surface area contributed by atoms with Crippen molar-refractivity contribution in [3.05, 3.63) is 29.6 Å². The van der Waals surface area contributed by atoms with E-state index in [9.17, 15) is 14.0 Å². The van der Waals surface area contributed by atoms with Crippen molar-refractivity contribution >= 4 is 17.5 Å². The number of nitrogens with zero attached hydrogens (tertiary/aromatic N) is 1. The van der Waals surface area contributed by atoms with Crippen LogP contribution in [0.15, 0.2) is 18.2 Å². The molecule has 21 heavy (non-hydrogen) atoms. The van der Waals surface area contributed by atoms with Crippen LogP contribution in [0.25, 0.3) is 0 Å². The molecule has 2 aliphatic rings. The second kappa shape index (κ2) is 5.81. The summed E-state index contributed by atoms with van der Waals surface area (Å²) in [6.07, 6.45) is 0.469. The van der Waals surface area contributed by atoms with Crippen LogP contribution in [0.4, 0.5) is 10.1 Å². The highest BCUT2D eigenvalue weighted by atomic mass is 19.1. The van der Waals surface area contributed by atoms with Gasteiger partial charge in [0.1, 0.15) is 5.82 Å². The summed E-state index contributed by atoms with van der Waals surface area (Å²) in [7, 11) is 0. The number of carbonyl (C=O) groups is 2. The number of piperidine rings is 1. The second-order valence-electron chi connectivity index (χ2n) is 5.52. The number of anilines is 1. The summed E-state index contributed by atoms with van der Waals surface area (Å²) in [5.74, 6) is -1.09. The minimum Gasteiger partial charge on any atom is -0.367 e. The van der Waals surface area contributed by atoms with E-state index in [4.69, 9.17) is 0 Å². The first-order chi connectivity index (χ1) is 10.1. The van der Waals surface area contributed by atoms with Gasteiger partial charge in [-0.25, -0.2) is 4.39 Å². The lowest BCUT2D eigenvalue weighted by molar-refractivity contribution is -0.133. The Morgan fingerprint density at radius 1 is 1.10 bits per heavy atom. The summed E-state index contributed by atoms with van der Waals surface area (Å²) in [5.41, 5.74) is 1.31. The molecule has 6 heteroatoms. The van der Waals surface area contributed by atoms with Gasteiger partial charge in [-0.15, -0.1) is 0 Å². The molecule has 2 fully saturated rings. The van der Waals surface area contributed by atoms with Gasteiger partial charge in [-0.1, -0.05) is 6.07 Å². The smallest absolute Gasteiger partial charge is 0.227 e. The zero-order chi connectivity index (χ0) is 14.8. The maximum atomic E-state index is 14.3. The van der Waals surface area contributed by atoms with Crippen LogP contribution in [0.3, 0.4) is 0 Å². The van der Waals surface area contributed by atoms with Crippen molar-refractivity contribution in [2.45, 2.75) is 18.8 Å². The van der Waals surface area contributed by atoms with E-state index in [0.717, 1.165) is 31.7 Å². The molecule has 5 nitrogen and oxygen atoms in total. The van der Waals surface area contributed by atoms with Crippen molar-refractivity contribution in [1.82, 2.24) is 10.6 Å². The molecule has 2 aliphatic heterocycles. The maximum absolute atomic E-state index is 14.3. The molecule has 0 aliphatic carbocycles. The van der Waals surface area contributed by atoms with Gasteiger partial charge in [0.15, 0.2) is 0 Å². The van der Waals surface area contributed by atoms with Crippen molar-refractivity contribution in [2.24, 2.45) is 0 Å². The monoisotopic (exact) mass is 291 g/mol. The number of imide groups is 1. The lowest BCUT2D eigenvalue weighted by Gasteiger charge is -2.30. The zero-order valence-electron chi connectivity index (χ0n) is 11.7. The second-order valence-corrected chi connectivity index (χ2v) is 5.52. The molecule has 0 atom stereocenters. The molecule has 0 bridgehead atoms. The minimum absolute atomic E-state index is 0.224. The van der Waals surface area contributed by atoms with Crippen molar-refractivity contribution in [1.29, 1.82) is 0 Å². The standard InChI is InChI=1S/C15H18FN3O2/c16-12-7-10(11-8-14(20)18-15(21)9-11)1-2-13(12)19-5-3-17-4-6-19/h1-2,7,11,17H,3-6,8-9H2,(H,18,20,21). The first kappa shape index (κ1) is 14.0. The number of hydrogen-bond donors (Lipinski definition) is 2. The fourth-order valence-corrected chi connectivity index (χ4v) is 2.95. The maximum Gasteiger partial charge on any atom is 0.227 e. The van der Waals surface area contributed by atoms with E-state index in [0.29, 0.717) is 5.69 Å². The van der Waals surface area contributed by atoms with Crippen molar-refractivity contribution in [2.75, 3.05) is 31.1 Å². The van der Waals surface area contributed by atoms with E-state index in [1.54, 1.807) is 6.07 Å². The van der Waals surface area contributed by atoms with Crippen LogP contribution < -0.4 is 15.5 Å². The normalized spacial score (nSPS) is 20.5. The highest BCUT2D eigenvalue weighted by molar-refractivity contribution is 5.98. The molecule has 2 heterocycles. The van der Waals surface area contributed by atoms with Crippen LogP contribution >= 0.6 is 0 Å². The zero-order valence-corrected chi connectivity index (χ0v) is 11.7. The van der Waals surface area contributed by atoms with Crippen molar-refractivity contribution in [3.63, 3.8) is 0 Å². The van der Waals surface area contributed by atoms with E-state index in [2.05, 4.69) is 10.6 Å². The summed E-state index contributed by atoms with van der Waals surface area (Å²) in [5, 5.41) is 5.50. The molecule has 3 rings (SSSR count). The van der Waals surface area contributed by atoms with E-state index >= 15 is 0 Å². The highest BCUT2D eigenvalue weighted by Crippen LogP contribution is 2.30. The van der Waals surface area contributed by atoms with Crippen LogP contribution in [0, 0.1) is 5.82 Å². The van der Waals surface area contributed by atoms with Crippen LogP contribution in [-0.2, 0) is 9.59 Å². The fraction of sp³-hybridized carbons (Fsp3) is 0.467. The van der Waals surface area contributed by atoms with E-state index in [1.165, 1.54) is 6.07 Å². The molecule has 112 valence electrons. The fourth-order valence-electron chi connectivity index (χ4n) is 2.95. The van der Waals surface area contributed by atoms with Gasteiger partial charge in [-0.05, 0) is 17.7 Å². The Hall–Kier alpha value is -1.95. The third-order valence-electron chi connectivity index (χ3n) is 4.04. The van der Waals surface area contributed by atoms with E-state index in [-0.39, 0.29) is 36.4 Å². The Kier molecular flexibility index (Phi) is 3.88. The number of piperazine rings is 1. The van der Waals surface area contributed by atoms with Crippen molar-refractivity contribution in [3.8, 4) is 0 Å². The minimum atomic E-state index is -0.289. The average molecular weight is 291 g/mol. The predicted octanol–water partition coefficient (Wildman–Crippen LogP) is 0.755. The van der Waals surface area contributed by atoms with Gasteiger partial charge in [0.05, 0.1) is 5.69 Å². The Balaban J connectivity index is 1.80. The number of amides is 2. The lowest BCUT2D eigenvalue weighted by atomic mass is 9.89. The quantitative estimate of drug-likeness (QED) is 0.790. The van der Waals surface area contributed by atoms with Gasteiger partial charge in [-0.2, -0.15) is 0 Å². The Morgan fingerprint density at radius 2 is 1.76 bits per heavy atom. The van der Waals surface area contributed by atoms with E-state index < -0.39 is 0 Å². The molecular formula is C15H18FN3O2. The van der Waals surface area contributed by atoms with Crippen molar-refractivity contribution < 1.29 is 14.0 Å². The molecule has 0 aromatic heterocycles. The average Bonchev–Trinajstić information content (AvgIpc) is 2.47. The van der Waals surface area contributed by atoms with Crippen LogP contribution in [-0.4, -0.2) is 38.0 Å². The summed E-state index contributed by atoms with van der Waals surface area (Å²) < 4.78 is 14.3. The topological polar surface area (TPSA) is 61.4 Å². The number of benzene rings is 1. The molecule has 0 radical (unpaired) electrons. The largest absolute Gasteiger partial charge is 0.367 e. The predicted molar refractivity (Wildman–Crippen MR) is 76.6 cm³/mol. The third-order valence-corrected chi connectivity index (χ3v) is 4.04. The Labute approximate surface area is 122 Å². The van der Waals surface area contributed by atoms with E-state index in [1.807, 2.05) is 11.0 Å². The molecular weight excluding hydrogens is 273 g/mol. The SMILES string of the molecule is O=C1CC(c2ccc(N3CCNCC3)c(F)c2)CC(=O)N1. The van der Waals surface area contributed by atoms with Gasteiger partial charge in [0.25, 0.3) is 0 Å². The van der Waals surface area contributed by atoms with Crippen LogP contribution in [0.1, 0.15) is 24.3 Å². The summed E-state index contributed by atoms with van der Waals surface area (Å²) in [6.45, 7) is 3.25. The molecule has 0 saturated carbocycles. The number of nitrogens with one attached hydrogen (secondary N) is 2. The highest BCUT2D eigenvalue weighted by Gasteiger charge is 2.27. The molecule has 2 amide bonds. The van der Waals surface area contributed by atoms with Gasteiger partial charge < -0.3 is 10.2 Å². The van der Waals surface area contributed by atoms with Gasteiger partial charge in [0.2, 0.25) is 11.8 Å². The number of hydrogen-bond acceptors (Lipinski definition) is 4. The van der Waals surface area contributed by atoms with Crippen LogP contribution in [0.5, 0.6) is 0 Å². The molecule has 1 aromatic rings. The third kappa shape index (κ3) is 3.05. The first-order valence-corrected chi connectivity index (χ1v) is 7.21. The summed E-state index contributed by atoms with van der Waals surface area (Å²) in [4.78, 5) is 24.8. The molecule has 0 unspecified atom stereocenters. The summed E-state index contributed by atoms with van der Waals surface area (Å²) >= 11 is 0. The number of rotatable bonds is 2.